The lowest BCUT2D eigenvalue weighted by Gasteiger charge is -2.05. The maximum absolute atomic E-state index is 12.2. The van der Waals surface area contributed by atoms with E-state index in [0.29, 0.717) is 22.7 Å². The molecule has 0 aliphatic carbocycles. The van der Waals surface area contributed by atoms with Crippen molar-refractivity contribution in [3.05, 3.63) is 33.8 Å². The van der Waals surface area contributed by atoms with Gasteiger partial charge < -0.3 is 5.11 Å². The van der Waals surface area contributed by atoms with Crippen molar-refractivity contribution in [3.8, 4) is 0 Å². The molecular formula is C12H17N3O3S2. The van der Waals surface area contributed by atoms with Crippen molar-refractivity contribution in [3.63, 3.8) is 0 Å². The third-order valence-electron chi connectivity index (χ3n) is 2.81. The molecule has 0 amide bonds. The Balaban J connectivity index is 2.01. The van der Waals surface area contributed by atoms with E-state index in [1.54, 1.807) is 11.6 Å². The van der Waals surface area contributed by atoms with Gasteiger partial charge in [-0.1, -0.05) is 0 Å². The molecule has 0 unspecified atom stereocenters. The molecule has 2 aromatic rings. The summed E-state index contributed by atoms with van der Waals surface area (Å²) in [5, 5.41) is 13.2. The molecule has 0 aromatic carbocycles. The van der Waals surface area contributed by atoms with E-state index in [9.17, 15) is 8.42 Å². The van der Waals surface area contributed by atoms with Gasteiger partial charge in [0.25, 0.3) is 0 Å². The summed E-state index contributed by atoms with van der Waals surface area (Å²) in [7, 11) is -1.71. The molecule has 110 valence electrons. The van der Waals surface area contributed by atoms with Gasteiger partial charge in [0.2, 0.25) is 10.0 Å². The summed E-state index contributed by atoms with van der Waals surface area (Å²) in [5.41, 5.74) is 0.841. The Morgan fingerprint density at radius 3 is 2.80 bits per heavy atom. The number of aryl methyl sites for hydroxylation is 2. The number of nitrogens with zero attached hydrogens (tertiary/aromatic N) is 2. The van der Waals surface area contributed by atoms with E-state index in [4.69, 9.17) is 5.11 Å². The van der Waals surface area contributed by atoms with Crippen LogP contribution < -0.4 is 4.72 Å². The first-order valence-electron chi connectivity index (χ1n) is 6.11. The average molecular weight is 315 g/mol. The van der Waals surface area contributed by atoms with Gasteiger partial charge in [-0.25, -0.2) is 13.1 Å². The van der Waals surface area contributed by atoms with E-state index in [1.807, 2.05) is 19.3 Å². The topological polar surface area (TPSA) is 84.2 Å². The number of hydrogen-bond donors (Lipinski definition) is 2. The summed E-state index contributed by atoms with van der Waals surface area (Å²) < 4.78 is 28.6. The van der Waals surface area contributed by atoms with Gasteiger partial charge in [0.15, 0.2) is 0 Å². The van der Waals surface area contributed by atoms with Gasteiger partial charge in [-0.15, -0.1) is 11.3 Å². The first kappa shape index (κ1) is 15.2. The quantitative estimate of drug-likeness (QED) is 0.826. The van der Waals surface area contributed by atoms with Gasteiger partial charge in [0, 0.05) is 36.0 Å². The molecule has 0 aliphatic heterocycles. The van der Waals surface area contributed by atoms with E-state index in [2.05, 4.69) is 9.82 Å². The maximum Gasteiger partial charge on any atom is 0.241 e. The number of hydrogen-bond acceptors (Lipinski definition) is 5. The Hall–Kier alpha value is -1.22. The molecule has 20 heavy (non-hydrogen) atoms. The summed E-state index contributed by atoms with van der Waals surface area (Å²) in [5.74, 6) is 0. The van der Waals surface area contributed by atoms with Gasteiger partial charge in [0.1, 0.15) is 0 Å². The van der Waals surface area contributed by atoms with Crippen LogP contribution >= 0.6 is 11.3 Å². The standard InChI is InChI=1S/C12H17N3O3S2/c1-9-12(7-11(8-16)19-9)20(17,18)13-5-3-10-4-6-15(2)14-10/h4,6-7,13,16H,3,5,8H2,1-2H3. The van der Waals surface area contributed by atoms with Gasteiger partial charge in [-0.2, -0.15) is 5.10 Å². The molecule has 2 N–H and O–H groups in total. The number of rotatable bonds is 6. The molecule has 0 saturated heterocycles. The summed E-state index contributed by atoms with van der Waals surface area (Å²) in [6.07, 6.45) is 2.36. The lowest BCUT2D eigenvalue weighted by molar-refractivity contribution is 0.285. The van der Waals surface area contributed by atoms with Gasteiger partial charge in [-0.3, -0.25) is 4.68 Å². The molecular weight excluding hydrogens is 298 g/mol. The third kappa shape index (κ3) is 3.45. The molecule has 2 rings (SSSR count). The van der Waals surface area contributed by atoms with Crippen LogP contribution in [0.15, 0.2) is 23.2 Å². The Morgan fingerprint density at radius 2 is 2.25 bits per heavy atom. The van der Waals surface area contributed by atoms with E-state index >= 15 is 0 Å². The van der Waals surface area contributed by atoms with Crippen LogP contribution in [0, 0.1) is 6.92 Å². The molecule has 0 radical (unpaired) electrons. The lowest BCUT2D eigenvalue weighted by Crippen LogP contribution is -2.26. The number of thiophene rings is 1. The first-order chi connectivity index (χ1) is 9.42. The van der Waals surface area contributed by atoms with Crippen molar-refractivity contribution in [1.82, 2.24) is 14.5 Å². The van der Waals surface area contributed by atoms with Crippen LogP contribution in [0.25, 0.3) is 0 Å². The highest BCUT2D eigenvalue weighted by atomic mass is 32.2. The zero-order chi connectivity index (χ0) is 14.8. The summed E-state index contributed by atoms with van der Waals surface area (Å²) >= 11 is 1.29. The normalized spacial score (nSPS) is 11.9. The second-order valence-corrected chi connectivity index (χ2v) is 7.50. The fraction of sp³-hybridized carbons (Fsp3) is 0.417. The molecule has 0 fully saturated rings. The van der Waals surface area contributed by atoms with E-state index in [-0.39, 0.29) is 11.5 Å². The second kappa shape index (κ2) is 6.04. The van der Waals surface area contributed by atoms with E-state index in [1.165, 1.54) is 17.4 Å². The van der Waals surface area contributed by atoms with Crippen LogP contribution in [0.4, 0.5) is 0 Å². The van der Waals surface area contributed by atoms with Crippen molar-refractivity contribution in [1.29, 1.82) is 0 Å². The van der Waals surface area contributed by atoms with E-state index in [0.717, 1.165) is 5.69 Å². The number of aliphatic hydroxyl groups excluding tert-OH is 1. The van der Waals surface area contributed by atoms with Gasteiger partial charge >= 0.3 is 0 Å². The monoisotopic (exact) mass is 315 g/mol. The predicted octanol–water partition coefficient (Wildman–Crippen LogP) is 0.803. The molecule has 0 atom stereocenters. The van der Waals surface area contributed by atoms with Crippen LogP contribution in [-0.4, -0.2) is 29.8 Å². The molecule has 0 aliphatic rings. The molecule has 2 heterocycles. The van der Waals surface area contributed by atoms with Crippen molar-refractivity contribution in [2.45, 2.75) is 24.8 Å². The second-order valence-electron chi connectivity index (χ2n) is 4.42. The number of aromatic nitrogens is 2. The van der Waals surface area contributed by atoms with Crippen LogP contribution in [0.1, 0.15) is 15.4 Å². The molecule has 6 nitrogen and oxygen atoms in total. The highest BCUT2D eigenvalue weighted by Crippen LogP contribution is 2.25. The summed E-state index contributed by atoms with van der Waals surface area (Å²) in [4.78, 5) is 1.57. The van der Waals surface area contributed by atoms with Gasteiger partial charge in [0.05, 0.1) is 17.2 Å². The number of sulfonamides is 1. The van der Waals surface area contributed by atoms with Crippen molar-refractivity contribution < 1.29 is 13.5 Å². The lowest BCUT2D eigenvalue weighted by atomic mass is 10.3. The Labute approximate surface area is 122 Å². The largest absolute Gasteiger partial charge is 0.391 e. The molecule has 8 heteroatoms. The van der Waals surface area contributed by atoms with Crippen LogP contribution in [0.5, 0.6) is 0 Å². The number of aliphatic hydroxyl groups is 1. The fourth-order valence-electron chi connectivity index (χ4n) is 1.86. The average Bonchev–Trinajstić information content (AvgIpc) is 2.95. The van der Waals surface area contributed by atoms with Crippen LogP contribution in [0.3, 0.4) is 0 Å². The zero-order valence-corrected chi connectivity index (χ0v) is 13.0. The molecule has 0 saturated carbocycles. The van der Waals surface area contributed by atoms with E-state index < -0.39 is 10.0 Å². The Bertz CT molecular complexity index is 689. The van der Waals surface area contributed by atoms with Gasteiger partial charge in [-0.05, 0) is 19.1 Å². The number of nitrogens with one attached hydrogen (secondary N) is 1. The fourth-order valence-corrected chi connectivity index (χ4v) is 4.38. The van der Waals surface area contributed by atoms with Crippen molar-refractivity contribution in [2.75, 3.05) is 6.54 Å². The smallest absolute Gasteiger partial charge is 0.241 e. The van der Waals surface area contributed by atoms with Crippen LogP contribution in [-0.2, 0) is 30.1 Å². The summed E-state index contributed by atoms with van der Waals surface area (Å²) in [6.45, 7) is 1.88. The minimum Gasteiger partial charge on any atom is -0.391 e. The summed E-state index contributed by atoms with van der Waals surface area (Å²) in [6, 6.07) is 3.37. The highest BCUT2D eigenvalue weighted by molar-refractivity contribution is 7.89. The third-order valence-corrected chi connectivity index (χ3v) is 5.56. The minimum atomic E-state index is -3.53. The molecule has 2 aromatic heterocycles. The van der Waals surface area contributed by atoms with Crippen LogP contribution in [0.2, 0.25) is 0 Å². The highest BCUT2D eigenvalue weighted by Gasteiger charge is 2.19. The molecule has 0 spiro atoms. The Kier molecular flexibility index (Phi) is 4.59. The zero-order valence-electron chi connectivity index (χ0n) is 11.3. The maximum atomic E-state index is 12.2. The Morgan fingerprint density at radius 1 is 1.50 bits per heavy atom. The van der Waals surface area contributed by atoms with Crippen molar-refractivity contribution in [2.24, 2.45) is 7.05 Å². The predicted molar refractivity (Wildman–Crippen MR) is 77.1 cm³/mol. The molecule has 0 bridgehead atoms. The first-order valence-corrected chi connectivity index (χ1v) is 8.40. The minimum absolute atomic E-state index is 0.144. The van der Waals surface area contributed by atoms with Crippen molar-refractivity contribution >= 4 is 21.4 Å². The SMILES string of the molecule is Cc1sc(CO)cc1S(=O)(=O)NCCc1ccn(C)n1.